The third kappa shape index (κ3) is 7.57. The van der Waals surface area contributed by atoms with Crippen molar-refractivity contribution in [1.29, 1.82) is 0 Å². The fourth-order valence-corrected chi connectivity index (χ4v) is 6.74. The van der Waals surface area contributed by atoms with Gasteiger partial charge in [-0.05, 0) is 50.2 Å². The number of hydrogen-bond acceptors (Lipinski definition) is 5. The SMILES string of the molecule is O=C(NC1CCCCC1)C(=O)C(C[C@@H]1CCNC1=O)NC(=O)[C@H](CC1CCCCC1)NC(=O)c1cc2ccccc2[nH]1. The van der Waals surface area contributed by atoms with E-state index in [9.17, 15) is 24.0 Å². The van der Waals surface area contributed by atoms with Crippen molar-refractivity contribution < 1.29 is 24.0 Å². The van der Waals surface area contributed by atoms with Gasteiger partial charge in [-0.2, -0.15) is 0 Å². The molecular formula is C32H43N5O5. The molecule has 4 amide bonds. The number of fused-ring (bicyclic) bond motifs is 1. The number of benzene rings is 1. The van der Waals surface area contributed by atoms with Gasteiger partial charge in [0.15, 0.2) is 0 Å². The highest BCUT2D eigenvalue weighted by Crippen LogP contribution is 2.28. The largest absolute Gasteiger partial charge is 0.356 e. The lowest BCUT2D eigenvalue weighted by Gasteiger charge is -2.28. The van der Waals surface area contributed by atoms with Crippen LogP contribution in [0.2, 0.25) is 0 Å². The molecule has 0 spiro atoms. The first-order valence-electron chi connectivity index (χ1n) is 15.7. The van der Waals surface area contributed by atoms with Crippen molar-refractivity contribution in [3.05, 3.63) is 36.0 Å². The van der Waals surface area contributed by atoms with Crippen molar-refractivity contribution in [2.45, 2.75) is 102 Å². The number of Topliss-reactive ketones (excluding diaryl/α,β-unsaturated/α-hetero) is 1. The Balaban J connectivity index is 1.32. The fraction of sp³-hybridized carbons (Fsp3) is 0.594. The number of para-hydroxylation sites is 1. The Morgan fingerprint density at radius 3 is 2.24 bits per heavy atom. The maximum atomic E-state index is 13.8. The average molecular weight is 578 g/mol. The zero-order valence-electron chi connectivity index (χ0n) is 24.2. The highest BCUT2D eigenvalue weighted by Gasteiger charge is 2.37. The van der Waals surface area contributed by atoms with Gasteiger partial charge < -0.3 is 26.3 Å². The van der Waals surface area contributed by atoms with Crippen LogP contribution in [0, 0.1) is 11.8 Å². The van der Waals surface area contributed by atoms with Gasteiger partial charge in [-0.3, -0.25) is 24.0 Å². The molecule has 2 aliphatic carbocycles. The number of hydrogen-bond donors (Lipinski definition) is 5. The molecule has 5 N–H and O–H groups in total. The second-order valence-corrected chi connectivity index (χ2v) is 12.3. The Morgan fingerprint density at radius 2 is 1.55 bits per heavy atom. The maximum Gasteiger partial charge on any atom is 0.289 e. The van der Waals surface area contributed by atoms with E-state index >= 15 is 0 Å². The number of nitrogens with one attached hydrogen (secondary N) is 5. The topological polar surface area (TPSA) is 149 Å². The molecule has 10 nitrogen and oxygen atoms in total. The van der Waals surface area contributed by atoms with Crippen LogP contribution in [-0.4, -0.2) is 59.1 Å². The molecule has 5 rings (SSSR count). The molecule has 0 radical (unpaired) electrons. The molecule has 2 aromatic rings. The van der Waals surface area contributed by atoms with Crippen LogP contribution in [-0.2, 0) is 19.2 Å². The summed E-state index contributed by atoms with van der Waals surface area (Å²) in [4.78, 5) is 69.1. The van der Waals surface area contributed by atoms with Gasteiger partial charge in [-0.1, -0.05) is 69.6 Å². The van der Waals surface area contributed by atoms with E-state index in [0.717, 1.165) is 75.1 Å². The second-order valence-electron chi connectivity index (χ2n) is 12.3. The Morgan fingerprint density at radius 1 is 0.833 bits per heavy atom. The number of aromatic amines is 1. The molecule has 3 aliphatic rings. The summed E-state index contributed by atoms with van der Waals surface area (Å²) in [6.07, 6.45) is 11.0. The second kappa shape index (κ2) is 14.0. The monoisotopic (exact) mass is 577 g/mol. The molecule has 3 fully saturated rings. The van der Waals surface area contributed by atoms with Crippen LogP contribution in [0.4, 0.5) is 0 Å². The molecule has 1 saturated heterocycles. The molecule has 2 heterocycles. The van der Waals surface area contributed by atoms with Gasteiger partial charge in [0.05, 0.1) is 6.04 Å². The minimum atomic E-state index is -1.16. The Kier molecular flexibility index (Phi) is 9.92. The zero-order valence-corrected chi connectivity index (χ0v) is 24.2. The Labute approximate surface area is 246 Å². The van der Waals surface area contributed by atoms with E-state index in [1.165, 1.54) is 0 Å². The predicted octanol–water partition coefficient (Wildman–Crippen LogP) is 3.27. The van der Waals surface area contributed by atoms with Crippen LogP contribution < -0.4 is 21.3 Å². The molecule has 1 aromatic carbocycles. The number of H-pyrrole nitrogens is 1. The van der Waals surface area contributed by atoms with Crippen LogP contribution in [0.5, 0.6) is 0 Å². The van der Waals surface area contributed by atoms with Crippen molar-refractivity contribution in [3.63, 3.8) is 0 Å². The first-order chi connectivity index (χ1) is 20.4. The summed E-state index contributed by atoms with van der Waals surface area (Å²) in [5.74, 6) is -2.77. The minimum absolute atomic E-state index is 0.0423. The van der Waals surface area contributed by atoms with E-state index < -0.39 is 41.5 Å². The first-order valence-corrected chi connectivity index (χ1v) is 15.7. The van der Waals surface area contributed by atoms with Crippen molar-refractivity contribution in [2.75, 3.05) is 6.54 Å². The molecule has 42 heavy (non-hydrogen) atoms. The van der Waals surface area contributed by atoms with Gasteiger partial charge in [0.1, 0.15) is 11.7 Å². The quantitative estimate of drug-likeness (QED) is 0.260. The Hall–Kier alpha value is -3.69. The van der Waals surface area contributed by atoms with E-state index in [1.807, 2.05) is 24.3 Å². The predicted molar refractivity (Wildman–Crippen MR) is 158 cm³/mol. The average Bonchev–Trinajstić information content (AvgIpc) is 3.63. The summed E-state index contributed by atoms with van der Waals surface area (Å²) in [6, 6.07) is 7.20. The van der Waals surface area contributed by atoms with Crippen molar-refractivity contribution in [2.24, 2.45) is 11.8 Å². The van der Waals surface area contributed by atoms with Gasteiger partial charge in [0.25, 0.3) is 11.8 Å². The third-order valence-corrected chi connectivity index (χ3v) is 9.17. The lowest BCUT2D eigenvalue weighted by Crippen LogP contribution is -2.55. The summed E-state index contributed by atoms with van der Waals surface area (Å²) >= 11 is 0. The molecule has 3 atom stereocenters. The lowest BCUT2D eigenvalue weighted by atomic mass is 9.84. The van der Waals surface area contributed by atoms with Crippen LogP contribution >= 0.6 is 0 Å². The Bertz CT molecular complexity index is 1260. The molecule has 1 aliphatic heterocycles. The number of amides is 4. The zero-order chi connectivity index (χ0) is 29.5. The van der Waals surface area contributed by atoms with Crippen molar-refractivity contribution in [1.82, 2.24) is 26.3 Å². The molecule has 1 unspecified atom stereocenters. The number of carbonyl (C=O) groups excluding carboxylic acids is 5. The number of aromatic nitrogens is 1. The molecule has 10 heteroatoms. The van der Waals surface area contributed by atoms with E-state index in [1.54, 1.807) is 6.07 Å². The molecule has 2 saturated carbocycles. The van der Waals surface area contributed by atoms with Gasteiger partial charge in [0.2, 0.25) is 17.6 Å². The molecule has 1 aromatic heterocycles. The fourth-order valence-electron chi connectivity index (χ4n) is 6.74. The summed E-state index contributed by atoms with van der Waals surface area (Å²) in [5, 5.41) is 12.2. The van der Waals surface area contributed by atoms with Crippen molar-refractivity contribution >= 4 is 40.3 Å². The number of carbonyl (C=O) groups is 5. The van der Waals surface area contributed by atoms with E-state index in [4.69, 9.17) is 0 Å². The van der Waals surface area contributed by atoms with Crippen LogP contribution in [0.15, 0.2) is 30.3 Å². The summed E-state index contributed by atoms with van der Waals surface area (Å²) in [6.45, 7) is 0.498. The van der Waals surface area contributed by atoms with Crippen LogP contribution in [0.3, 0.4) is 0 Å². The van der Waals surface area contributed by atoms with E-state index in [0.29, 0.717) is 25.1 Å². The smallest absolute Gasteiger partial charge is 0.289 e. The third-order valence-electron chi connectivity index (χ3n) is 9.17. The standard InChI is InChI=1S/C32H43N5O5/c38-28(32(42)34-23-12-5-2-6-13-23)25(19-22-15-16-33-29(22)39)36-30(40)26(17-20-9-3-1-4-10-20)37-31(41)27-18-21-11-7-8-14-24(21)35-27/h7-8,11,14,18,20,22-23,25-26,35H,1-6,9-10,12-13,15-17,19H2,(H,33,39)(H,34,42)(H,36,40)(H,37,41)/t22-,25?,26-/m0/s1. The minimum Gasteiger partial charge on any atom is -0.356 e. The van der Waals surface area contributed by atoms with E-state index in [2.05, 4.69) is 26.3 Å². The van der Waals surface area contributed by atoms with Gasteiger partial charge in [-0.15, -0.1) is 0 Å². The lowest BCUT2D eigenvalue weighted by molar-refractivity contribution is -0.141. The summed E-state index contributed by atoms with van der Waals surface area (Å²) in [5.41, 5.74) is 1.17. The van der Waals surface area contributed by atoms with Crippen LogP contribution in [0.25, 0.3) is 10.9 Å². The molecule has 0 bridgehead atoms. The maximum absolute atomic E-state index is 13.8. The highest BCUT2D eigenvalue weighted by atomic mass is 16.2. The first kappa shape index (κ1) is 29.8. The van der Waals surface area contributed by atoms with E-state index in [-0.39, 0.29) is 24.3 Å². The molecule has 226 valence electrons. The number of rotatable bonds is 11. The van der Waals surface area contributed by atoms with Gasteiger partial charge >= 0.3 is 0 Å². The normalized spacial score (nSPS) is 21.3. The van der Waals surface area contributed by atoms with Crippen LogP contribution in [0.1, 0.15) is 94.0 Å². The van der Waals surface area contributed by atoms with Gasteiger partial charge in [0, 0.05) is 29.4 Å². The molecular weight excluding hydrogens is 534 g/mol. The van der Waals surface area contributed by atoms with Crippen molar-refractivity contribution in [3.8, 4) is 0 Å². The highest BCUT2D eigenvalue weighted by molar-refractivity contribution is 6.38. The number of ketones is 1. The summed E-state index contributed by atoms with van der Waals surface area (Å²) in [7, 11) is 0. The summed E-state index contributed by atoms with van der Waals surface area (Å²) < 4.78 is 0. The van der Waals surface area contributed by atoms with Gasteiger partial charge in [-0.25, -0.2) is 0 Å².